The van der Waals surface area contributed by atoms with Gasteiger partial charge in [0.05, 0.1) is 0 Å². The average Bonchev–Trinajstić information content (AvgIpc) is 0.811. The van der Waals surface area contributed by atoms with Gasteiger partial charge in [-0.2, -0.15) is 0 Å². The maximum atomic E-state index is 5.03. The van der Waals surface area contributed by atoms with Gasteiger partial charge >= 0.3 is 26.8 Å². The molecule has 0 amide bonds. The van der Waals surface area contributed by atoms with Crippen molar-refractivity contribution in [3.63, 3.8) is 0 Å². The first kappa shape index (κ1) is 3.93. The van der Waals surface area contributed by atoms with E-state index in [2.05, 4.69) is 0 Å². The van der Waals surface area contributed by atoms with E-state index in [1.165, 1.54) is 0 Å². The first-order valence-corrected chi connectivity index (χ1v) is 1.29. The predicted octanol–water partition coefficient (Wildman–Crippen LogP) is 0.367. The summed E-state index contributed by atoms with van der Waals surface area (Å²) < 4.78 is 0. The van der Waals surface area contributed by atoms with Gasteiger partial charge in [-0.25, -0.2) is 0 Å². The molecule has 0 saturated heterocycles. The summed E-state index contributed by atoms with van der Waals surface area (Å²) in [5.74, 6) is 0. The molecule has 0 aliphatic heterocycles. The molecule has 0 rings (SSSR count). The van der Waals surface area contributed by atoms with Crippen LogP contribution >= 0.6 is 0 Å². The Bertz CT molecular complexity index is 26.3. The Hall–Kier alpha value is -0.0651. The molecule has 4 heavy (non-hydrogen) atoms. The van der Waals surface area contributed by atoms with Crippen LogP contribution in [0.25, 0.3) is 0 Å². The Labute approximate surface area is 27.9 Å². The first-order chi connectivity index (χ1) is 1.73. The molecular formula is C3H6B. The van der Waals surface area contributed by atoms with Crippen molar-refractivity contribution in [2.75, 3.05) is 0 Å². The second-order valence-corrected chi connectivity index (χ2v) is 1.08. The van der Waals surface area contributed by atoms with Crippen molar-refractivity contribution in [2.45, 2.75) is 13.8 Å². The third kappa shape index (κ3) is 400. The predicted molar refractivity (Wildman–Crippen MR) is 22.1 cm³/mol. The van der Waals surface area contributed by atoms with Crippen molar-refractivity contribution < 1.29 is 0 Å². The van der Waals surface area contributed by atoms with Gasteiger partial charge in [-0.3, -0.25) is 0 Å². The van der Waals surface area contributed by atoms with Crippen LogP contribution in [0, 0.1) is 0 Å². The Morgan fingerprint density at radius 3 is 1.50 bits per heavy atom. The molecule has 0 aliphatic rings. The van der Waals surface area contributed by atoms with Crippen LogP contribution < -0.4 is 0 Å². The zero-order chi connectivity index (χ0) is 3.58. The van der Waals surface area contributed by atoms with E-state index in [-0.39, 0.29) is 0 Å². The van der Waals surface area contributed by atoms with Gasteiger partial charge in [-0.1, -0.05) is 0 Å². The summed E-state index contributed by atoms with van der Waals surface area (Å²) in [6.45, 7) is 3.72. The molecule has 0 saturated carbocycles. The van der Waals surface area contributed by atoms with E-state index >= 15 is 0 Å². The molecule has 0 fully saturated rings. The Balaban J connectivity index is 2.80. The molecule has 0 aromatic rings. The van der Waals surface area contributed by atoms with E-state index in [0.717, 1.165) is 5.46 Å². The molecule has 0 heterocycles. The van der Waals surface area contributed by atoms with Crippen LogP contribution in [-0.2, 0) is 0 Å². The van der Waals surface area contributed by atoms with Gasteiger partial charge in [0.1, 0.15) is 0 Å². The third-order valence-corrected chi connectivity index (χ3v) is 0. The zero-order valence-electron chi connectivity index (χ0n) is 3.08. The second-order valence-electron chi connectivity index (χ2n) is 1.08. The van der Waals surface area contributed by atoms with E-state index < -0.39 is 0 Å². The molecule has 0 aliphatic carbocycles. The van der Waals surface area contributed by atoms with Crippen molar-refractivity contribution in [1.82, 2.24) is 0 Å². The normalized spacial score (nSPS) is 6.25. The summed E-state index contributed by atoms with van der Waals surface area (Å²) in [6, 6.07) is 0. The molecule has 0 N–H and O–H groups in total. The average molecular weight is 52.9 g/mol. The van der Waals surface area contributed by atoms with E-state index in [0.29, 0.717) is 0 Å². The van der Waals surface area contributed by atoms with Crippen molar-refractivity contribution in [1.29, 1.82) is 0 Å². The molecule has 0 bridgehead atoms. The number of rotatable bonds is 0. The monoisotopic (exact) mass is 53.1 g/mol. The minimum absolute atomic E-state index is 0.917. The third-order valence-electron chi connectivity index (χ3n) is 0. The van der Waals surface area contributed by atoms with Crippen molar-refractivity contribution in [2.24, 2.45) is 0 Å². The van der Waals surface area contributed by atoms with Crippen LogP contribution in [0.15, 0.2) is 0 Å². The van der Waals surface area contributed by atoms with Gasteiger partial charge < -0.3 is 0 Å². The van der Waals surface area contributed by atoms with Crippen LogP contribution in [0.2, 0.25) is 0 Å². The molecule has 1 radical (unpaired) electrons. The van der Waals surface area contributed by atoms with Gasteiger partial charge in [0.25, 0.3) is 0 Å². The van der Waals surface area contributed by atoms with Gasteiger partial charge in [0.15, 0.2) is 0 Å². The topological polar surface area (TPSA) is 0 Å². The molecule has 0 atom stereocenters. The van der Waals surface area contributed by atoms with Crippen LogP contribution in [0.3, 0.4) is 0 Å². The molecule has 0 unspecified atom stereocenters. The summed E-state index contributed by atoms with van der Waals surface area (Å²) in [4.78, 5) is 0. The fourth-order valence-corrected chi connectivity index (χ4v) is 0. The molecule has 0 aromatic carbocycles. The number of hydrogen-bond acceptors (Lipinski definition) is 0. The van der Waals surface area contributed by atoms with Crippen LogP contribution in [-0.4, -0.2) is 13.0 Å². The molecular weight excluding hydrogens is 46.8 g/mol. The summed E-state index contributed by atoms with van der Waals surface area (Å²) in [5, 5.41) is 0. The van der Waals surface area contributed by atoms with E-state index in [4.69, 9.17) is 7.49 Å². The molecule has 1 heteroatoms. The van der Waals surface area contributed by atoms with Crippen LogP contribution in [0.4, 0.5) is 0 Å². The van der Waals surface area contributed by atoms with Gasteiger partial charge in [0, 0.05) is 0 Å². The fourth-order valence-electron chi connectivity index (χ4n) is 0. The molecule has 0 nitrogen and oxygen atoms in total. The van der Waals surface area contributed by atoms with Crippen LogP contribution in [0.5, 0.6) is 0 Å². The van der Waals surface area contributed by atoms with Crippen LogP contribution in [0.1, 0.15) is 13.8 Å². The number of hydrogen-bond donors (Lipinski definition) is 0. The van der Waals surface area contributed by atoms with E-state index in [1.807, 2.05) is 13.8 Å². The minimum atomic E-state index is 0.917. The summed E-state index contributed by atoms with van der Waals surface area (Å²) in [5.41, 5.74) is 0.917. The van der Waals surface area contributed by atoms with Crippen molar-refractivity contribution in [3.05, 3.63) is 0 Å². The molecule has 21 valence electrons. The Morgan fingerprint density at radius 2 is 1.50 bits per heavy atom. The molecule has 0 spiro atoms. The standard InChI is InChI=1S/C3H6B/c1-3(2)4/h1-2H3. The summed E-state index contributed by atoms with van der Waals surface area (Å²) >= 11 is 0. The van der Waals surface area contributed by atoms with Gasteiger partial charge in [-0.15, -0.1) is 0 Å². The quantitative estimate of drug-likeness (QED) is 0.350. The Kier molecular flexibility index (Phi) is 1.25. The maximum absolute atomic E-state index is 5.03. The van der Waals surface area contributed by atoms with Crippen molar-refractivity contribution >= 4 is 13.0 Å². The summed E-state index contributed by atoms with van der Waals surface area (Å²) in [6.07, 6.45) is 0. The van der Waals surface area contributed by atoms with Gasteiger partial charge in [0.2, 0.25) is 0 Å². The van der Waals surface area contributed by atoms with Gasteiger partial charge in [-0.05, 0) is 0 Å². The SMILES string of the molecule is [B]=C(C)C. The second kappa shape index (κ2) is 1.28. The summed E-state index contributed by atoms with van der Waals surface area (Å²) in [7, 11) is 5.03. The van der Waals surface area contributed by atoms with Crippen molar-refractivity contribution in [3.8, 4) is 0 Å². The van der Waals surface area contributed by atoms with E-state index in [1.54, 1.807) is 0 Å². The first-order valence-electron chi connectivity index (χ1n) is 1.29. The zero-order valence-corrected chi connectivity index (χ0v) is 3.08. The van der Waals surface area contributed by atoms with E-state index in [9.17, 15) is 0 Å². The Morgan fingerprint density at radius 1 is 1.50 bits per heavy atom. The molecule has 0 aromatic heterocycles. The fraction of sp³-hybridized carbons (Fsp3) is 0.667.